The summed E-state index contributed by atoms with van der Waals surface area (Å²) in [7, 11) is 0. The minimum absolute atomic E-state index is 0.128. The smallest absolute Gasteiger partial charge is 0.346 e. The number of benzene rings is 2. The van der Waals surface area contributed by atoms with Crippen LogP contribution in [0.3, 0.4) is 0 Å². The highest BCUT2D eigenvalue weighted by molar-refractivity contribution is 5.91. The highest BCUT2D eigenvalue weighted by Crippen LogP contribution is 2.23. The zero-order valence-corrected chi connectivity index (χ0v) is 25.0. The van der Waals surface area contributed by atoms with Crippen molar-refractivity contribution in [2.24, 2.45) is 0 Å². The predicted octanol–water partition coefficient (Wildman–Crippen LogP) is 9.92. The van der Waals surface area contributed by atoms with E-state index in [1.165, 1.54) is 82.8 Å². The van der Waals surface area contributed by atoms with Crippen LogP contribution in [0.2, 0.25) is 0 Å². The van der Waals surface area contributed by atoms with Crippen LogP contribution in [0.1, 0.15) is 120 Å². The van der Waals surface area contributed by atoms with Gasteiger partial charge in [0.2, 0.25) is 0 Å². The third-order valence-electron chi connectivity index (χ3n) is 7.27. The number of carbonyl (C=O) groups is 1. The van der Waals surface area contributed by atoms with E-state index in [0.29, 0.717) is 23.9 Å². The van der Waals surface area contributed by atoms with Gasteiger partial charge in [-0.3, -0.25) is 0 Å². The molecule has 5 nitrogen and oxygen atoms in total. The van der Waals surface area contributed by atoms with Crippen LogP contribution in [-0.2, 0) is 6.42 Å². The van der Waals surface area contributed by atoms with Gasteiger partial charge in [0.05, 0.1) is 12.2 Å². The molecule has 222 valence electrons. The molecule has 0 aliphatic carbocycles. The molecule has 1 heterocycles. The average Bonchev–Trinajstić information content (AvgIpc) is 2.99. The summed E-state index contributed by atoms with van der Waals surface area (Å²) >= 11 is 0. The second kappa shape index (κ2) is 19.0. The summed E-state index contributed by atoms with van der Waals surface area (Å²) < 4.78 is 25.7. The molecule has 0 N–H and O–H groups in total. The van der Waals surface area contributed by atoms with E-state index in [9.17, 15) is 9.18 Å². The van der Waals surface area contributed by atoms with E-state index in [0.717, 1.165) is 36.8 Å². The van der Waals surface area contributed by atoms with Gasteiger partial charge < -0.3 is 9.47 Å². The monoisotopic (exact) mass is 562 g/mol. The molecule has 0 radical (unpaired) electrons. The molecule has 0 aliphatic rings. The number of nitrogens with zero attached hydrogens (tertiary/aromatic N) is 2. The lowest BCUT2D eigenvalue weighted by Gasteiger charge is -2.09. The van der Waals surface area contributed by atoms with Crippen molar-refractivity contribution in [2.75, 3.05) is 6.61 Å². The minimum atomic E-state index is -0.751. The summed E-state index contributed by atoms with van der Waals surface area (Å²) in [6.45, 7) is 4.98. The van der Waals surface area contributed by atoms with Crippen LogP contribution in [0.4, 0.5) is 4.39 Å². The van der Waals surface area contributed by atoms with Crippen molar-refractivity contribution in [1.82, 2.24) is 9.97 Å². The van der Waals surface area contributed by atoms with Gasteiger partial charge in [0.15, 0.2) is 5.82 Å². The summed E-state index contributed by atoms with van der Waals surface area (Å²) in [5.41, 5.74) is 1.84. The zero-order chi connectivity index (χ0) is 29.1. The summed E-state index contributed by atoms with van der Waals surface area (Å²) in [6.07, 6.45) is 22.1. The Morgan fingerprint density at radius 3 is 1.88 bits per heavy atom. The van der Waals surface area contributed by atoms with Gasteiger partial charge in [-0.15, -0.1) is 0 Å². The molecular formula is C35H47FN2O3. The lowest BCUT2D eigenvalue weighted by molar-refractivity contribution is 0.0730. The molecule has 0 saturated carbocycles. The predicted molar refractivity (Wildman–Crippen MR) is 164 cm³/mol. The lowest BCUT2D eigenvalue weighted by atomic mass is 10.1. The van der Waals surface area contributed by atoms with Crippen LogP contribution in [0.15, 0.2) is 54.9 Å². The van der Waals surface area contributed by atoms with Gasteiger partial charge in [-0.1, -0.05) is 90.9 Å². The third kappa shape index (κ3) is 12.0. The molecule has 0 fully saturated rings. The Kier molecular flexibility index (Phi) is 14.9. The number of hydrogen-bond acceptors (Lipinski definition) is 5. The fraction of sp³-hybridized carbons (Fsp3) is 0.514. The number of aromatic nitrogens is 2. The molecule has 0 unspecified atom stereocenters. The number of hydrogen-bond donors (Lipinski definition) is 0. The molecule has 6 heteroatoms. The van der Waals surface area contributed by atoms with Crippen molar-refractivity contribution >= 4 is 5.97 Å². The first-order valence-electron chi connectivity index (χ1n) is 15.7. The van der Waals surface area contributed by atoms with Crippen LogP contribution in [0.25, 0.3) is 11.4 Å². The molecule has 41 heavy (non-hydrogen) atoms. The molecule has 1 aromatic heterocycles. The summed E-state index contributed by atoms with van der Waals surface area (Å²) in [5, 5.41) is 0. The van der Waals surface area contributed by atoms with Crippen molar-refractivity contribution < 1.29 is 18.7 Å². The van der Waals surface area contributed by atoms with E-state index in [2.05, 4.69) is 23.8 Å². The molecule has 2 aromatic carbocycles. The fourth-order valence-corrected chi connectivity index (χ4v) is 4.75. The number of aryl methyl sites for hydroxylation is 1. The topological polar surface area (TPSA) is 61.3 Å². The van der Waals surface area contributed by atoms with Crippen molar-refractivity contribution in [1.29, 1.82) is 0 Å². The number of esters is 1. The van der Waals surface area contributed by atoms with E-state index >= 15 is 0 Å². The number of carbonyl (C=O) groups excluding carboxylic acids is 1. The van der Waals surface area contributed by atoms with Crippen molar-refractivity contribution in [3.8, 4) is 22.9 Å². The highest BCUT2D eigenvalue weighted by Gasteiger charge is 2.15. The lowest BCUT2D eigenvalue weighted by Crippen LogP contribution is -2.11. The Labute approximate surface area is 245 Å². The third-order valence-corrected chi connectivity index (χ3v) is 7.27. The van der Waals surface area contributed by atoms with E-state index in [1.807, 2.05) is 12.4 Å². The number of unbranched alkanes of at least 4 members (excludes halogenated alkanes) is 12. The minimum Gasteiger partial charge on any atom is -0.493 e. The standard InChI is InChI=1S/C35H47FN2O3/c1-3-5-7-9-11-12-13-15-17-28-26-37-34(38-27-28)29-18-20-30(21-19-29)41-35(39)32-23-22-31(25-33(32)36)40-24-16-14-10-8-6-4-2/h18-23,25-27H,3-17,24H2,1-2H3. The quantitative estimate of drug-likeness (QED) is 0.0779. The Hall–Kier alpha value is -3.28. The molecule has 0 bridgehead atoms. The second-order valence-electron chi connectivity index (χ2n) is 10.8. The Bertz CT molecular complexity index is 1150. The fourth-order valence-electron chi connectivity index (χ4n) is 4.75. The van der Waals surface area contributed by atoms with E-state index in [1.54, 1.807) is 30.3 Å². The zero-order valence-electron chi connectivity index (χ0n) is 25.0. The molecule has 3 aromatic rings. The van der Waals surface area contributed by atoms with Gasteiger partial charge >= 0.3 is 5.97 Å². The Morgan fingerprint density at radius 1 is 0.707 bits per heavy atom. The molecule has 3 rings (SSSR count). The SMILES string of the molecule is CCCCCCCCCCc1cnc(-c2ccc(OC(=O)c3ccc(OCCCCCCCC)cc3F)cc2)nc1. The molecule has 0 atom stereocenters. The van der Waals surface area contributed by atoms with Crippen molar-refractivity contribution in [3.63, 3.8) is 0 Å². The number of halogens is 1. The maximum atomic E-state index is 14.6. The van der Waals surface area contributed by atoms with Gasteiger partial charge in [-0.05, 0) is 61.2 Å². The average molecular weight is 563 g/mol. The summed E-state index contributed by atoms with van der Waals surface area (Å²) in [6, 6.07) is 11.2. The normalized spacial score (nSPS) is 11.0. The summed E-state index contributed by atoms with van der Waals surface area (Å²) in [4.78, 5) is 21.6. The van der Waals surface area contributed by atoms with Crippen LogP contribution in [-0.4, -0.2) is 22.5 Å². The maximum Gasteiger partial charge on any atom is 0.346 e. The van der Waals surface area contributed by atoms with Crippen molar-refractivity contribution in [3.05, 3.63) is 71.8 Å². The second-order valence-corrected chi connectivity index (χ2v) is 10.8. The van der Waals surface area contributed by atoms with E-state index in [-0.39, 0.29) is 5.56 Å². The van der Waals surface area contributed by atoms with Crippen LogP contribution in [0, 0.1) is 5.82 Å². The number of ether oxygens (including phenoxy) is 2. The van der Waals surface area contributed by atoms with Gasteiger partial charge in [0, 0.05) is 24.0 Å². The molecule has 0 saturated heterocycles. The summed E-state index contributed by atoms with van der Waals surface area (Å²) in [5.74, 6) is -0.0504. The molecule has 0 spiro atoms. The van der Waals surface area contributed by atoms with Gasteiger partial charge in [-0.2, -0.15) is 0 Å². The van der Waals surface area contributed by atoms with Crippen LogP contribution in [0.5, 0.6) is 11.5 Å². The van der Waals surface area contributed by atoms with Gasteiger partial charge in [0.25, 0.3) is 0 Å². The molecule has 0 amide bonds. The highest BCUT2D eigenvalue weighted by atomic mass is 19.1. The van der Waals surface area contributed by atoms with Gasteiger partial charge in [-0.25, -0.2) is 19.2 Å². The Morgan fingerprint density at radius 2 is 1.27 bits per heavy atom. The van der Waals surface area contributed by atoms with Gasteiger partial charge in [0.1, 0.15) is 17.3 Å². The Balaban J connectivity index is 1.41. The molecular weight excluding hydrogens is 515 g/mol. The van der Waals surface area contributed by atoms with E-state index in [4.69, 9.17) is 9.47 Å². The van der Waals surface area contributed by atoms with Crippen LogP contribution >= 0.6 is 0 Å². The first kappa shape index (κ1) is 32.2. The molecule has 0 aliphatic heterocycles. The van der Waals surface area contributed by atoms with Crippen molar-refractivity contribution in [2.45, 2.75) is 110 Å². The first-order chi connectivity index (χ1) is 20.1. The maximum absolute atomic E-state index is 14.6. The van der Waals surface area contributed by atoms with Crippen LogP contribution < -0.4 is 9.47 Å². The number of rotatable bonds is 20. The van der Waals surface area contributed by atoms with E-state index < -0.39 is 11.8 Å². The largest absolute Gasteiger partial charge is 0.493 e. The first-order valence-corrected chi connectivity index (χ1v) is 15.7.